The van der Waals surface area contributed by atoms with Gasteiger partial charge in [0.25, 0.3) is 5.91 Å². The number of thiazole rings is 1. The number of pyridine rings is 1. The predicted octanol–water partition coefficient (Wildman–Crippen LogP) is 5.21. The van der Waals surface area contributed by atoms with Crippen LogP contribution in [0, 0.1) is 0 Å². The van der Waals surface area contributed by atoms with E-state index in [0.717, 1.165) is 12.1 Å². The maximum absolute atomic E-state index is 12.5. The van der Waals surface area contributed by atoms with Crippen molar-refractivity contribution in [3.05, 3.63) is 64.4 Å². The second-order valence-corrected chi connectivity index (χ2v) is 6.25. The number of alkyl halides is 3. The highest BCUT2D eigenvalue weighted by atomic mass is 35.5. The van der Waals surface area contributed by atoms with Gasteiger partial charge >= 0.3 is 6.18 Å². The van der Waals surface area contributed by atoms with Gasteiger partial charge in [0.2, 0.25) is 0 Å². The number of nitrogens with one attached hydrogen (secondary N) is 2. The highest BCUT2D eigenvalue weighted by Gasteiger charge is 2.30. The minimum absolute atomic E-state index is 0.123. The van der Waals surface area contributed by atoms with Gasteiger partial charge in [0.15, 0.2) is 10.3 Å². The van der Waals surface area contributed by atoms with E-state index in [1.807, 2.05) is 0 Å². The zero-order valence-corrected chi connectivity index (χ0v) is 14.4. The van der Waals surface area contributed by atoms with E-state index in [-0.39, 0.29) is 16.5 Å². The van der Waals surface area contributed by atoms with Gasteiger partial charge in [0, 0.05) is 17.3 Å². The first-order chi connectivity index (χ1) is 12.3. The second-order valence-electron chi connectivity index (χ2n) is 5.03. The monoisotopic (exact) mass is 398 g/mol. The van der Waals surface area contributed by atoms with Gasteiger partial charge in [-0.1, -0.05) is 11.6 Å². The second kappa shape index (κ2) is 7.30. The minimum Gasteiger partial charge on any atom is -0.329 e. The molecule has 1 amide bonds. The maximum Gasteiger partial charge on any atom is 0.416 e. The van der Waals surface area contributed by atoms with Crippen LogP contribution in [0.1, 0.15) is 16.1 Å². The van der Waals surface area contributed by atoms with E-state index in [4.69, 9.17) is 11.6 Å². The Kier molecular flexibility index (Phi) is 5.10. The van der Waals surface area contributed by atoms with Crippen molar-refractivity contribution in [3.63, 3.8) is 0 Å². The molecule has 0 aliphatic heterocycles. The number of hydrogen-bond acceptors (Lipinski definition) is 5. The first-order valence-corrected chi connectivity index (χ1v) is 8.40. The van der Waals surface area contributed by atoms with E-state index in [0.29, 0.717) is 10.8 Å². The van der Waals surface area contributed by atoms with Crippen LogP contribution in [0.2, 0.25) is 5.15 Å². The Morgan fingerprint density at radius 2 is 1.88 bits per heavy atom. The van der Waals surface area contributed by atoms with Crippen LogP contribution in [-0.2, 0) is 6.18 Å². The molecule has 0 unspecified atom stereocenters. The summed E-state index contributed by atoms with van der Waals surface area (Å²) in [5.74, 6) is -0.536. The Balaban J connectivity index is 1.67. The summed E-state index contributed by atoms with van der Waals surface area (Å²) >= 11 is 7.12. The lowest BCUT2D eigenvalue weighted by Crippen LogP contribution is -2.13. The molecule has 0 aliphatic rings. The van der Waals surface area contributed by atoms with Crippen molar-refractivity contribution in [3.8, 4) is 0 Å². The van der Waals surface area contributed by atoms with Gasteiger partial charge in [0.05, 0.1) is 11.3 Å². The van der Waals surface area contributed by atoms with Crippen molar-refractivity contribution < 1.29 is 18.0 Å². The zero-order valence-electron chi connectivity index (χ0n) is 12.8. The minimum atomic E-state index is -4.43. The number of carbonyl (C=O) groups excluding carboxylic acids is 1. The molecule has 0 spiro atoms. The maximum atomic E-state index is 12.5. The molecule has 2 heterocycles. The highest BCUT2D eigenvalue weighted by Crippen LogP contribution is 2.30. The van der Waals surface area contributed by atoms with E-state index in [2.05, 4.69) is 20.6 Å². The van der Waals surface area contributed by atoms with Crippen LogP contribution >= 0.6 is 22.9 Å². The van der Waals surface area contributed by atoms with Crippen molar-refractivity contribution in [2.75, 3.05) is 10.6 Å². The molecule has 134 valence electrons. The molecule has 0 aliphatic carbocycles. The average molecular weight is 399 g/mol. The number of aromatic nitrogens is 2. The van der Waals surface area contributed by atoms with Crippen LogP contribution in [0.3, 0.4) is 0 Å². The molecule has 1 aromatic carbocycles. The molecule has 3 rings (SSSR count). The molecule has 0 saturated carbocycles. The van der Waals surface area contributed by atoms with Crippen molar-refractivity contribution in [1.82, 2.24) is 9.97 Å². The average Bonchev–Trinajstić information content (AvgIpc) is 3.05. The Hall–Kier alpha value is -2.65. The Labute approximate surface area is 154 Å². The summed E-state index contributed by atoms with van der Waals surface area (Å²) in [6.45, 7) is 0. The molecule has 0 atom stereocenters. The number of hydrogen-bond donors (Lipinski definition) is 2. The lowest BCUT2D eigenvalue weighted by molar-refractivity contribution is -0.137. The molecule has 3 aromatic rings. The van der Waals surface area contributed by atoms with Crippen LogP contribution < -0.4 is 10.6 Å². The normalized spacial score (nSPS) is 11.2. The van der Waals surface area contributed by atoms with E-state index in [1.165, 1.54) is 35.0 Å². The number of amides is 1. The lowest BCUT2D eigenvalue weighted by atomic mass is 10.2. The molecule has 0 fully saturated rings. The van der Waals surface area contributed by atoms with Crippen molar-refractivity contribution >= 4 is 45.4 Å². The van der Waals surface area contributed by atoms with Crippen LogP contribution in [-0.4, -0.2) is 15.9 Å². The topological polar surface area (TPSA) is 66.9 Å². The highest BCUT2D eigenvalue weighted by molar-refractivity contribution is 7.14. The fourth-order valence-corrected chi connectivity index (χ4v) is 2.84. The summed E-state index contributed by atoms with van der Waals surface area (Å²) in [4.78, 5) is 20.2. The van der Waals surface area contributed by atoms with Gasteiger partial charge in [-0.15, -0.1) is 11.3 Å². The summed E-state index contributed by atoms with van der Waals surface area (Å²) in [5, 5.41) is 7.65. The van der Waals surface area contributed by atoms with Crippen LogP contribution in [0.5, 0.6) is 0 Å². The smallest absolute Gasteiger partial charge is 0.329 e. The van der Waals surface area contributed by atoms with Crippen molar-refractivity contribution in [2.45, 2.75) is 6.18 Å². The molecule has 10 heteroatoms. The number of benzene rings is 1. The summed E-state index contributed by atoms with van der Waals surface area (Å²) in [7, 11) is 0. The van der Waals surface area contributed by atoms with E-state index in [9.17, 15) is 18.0 Å². The fraction of sp³-hybridized carbons (Fsp3) is 0.0625. The summed E-state index contributed by atoms with van der Waals surface area (Å²) < 4.78 is 37.6. The van der Waals surface area contributed by atoms with E-state index in [1.54, 1.807) is 12.1 Å². The van der Waals surface area contributed by atoms with Crippen LogP contribution in [0.4, 0.5) is 29.7 Å². The molecule has 0 radical (unpaired) electrons. The van der Waals surface area contributed by atoms with Gasteiger partial charge < -0.3 is 10.6 Å². The van der Waals surface area contributed by atoms with Gasteiger partial charge in [-0.2, -0.15) is 13.2 Å². The molecular weight excluding hydrogens is 389 g/mol. The van der Waals surface area contributed by atoms with E-state index < -0.39 is 17.6 Å². The quantitative estimate of drug-likeness (QED) is 0.592. The first kappa shape index (κ1) is 18.2. The summed E-state index contributed by atoms with van der Waals surface area (Å²) in [6.07, 6.45) is -2.89. The Morgan fingerprint density at radius 1 is 1.15 bits per heavy atom. The Morgan fingerprint density at radius 3 is 2.54 bits per heavy atom. The largest absolute Gasteiger partial charge is 0.416 e. The van der Waals surface area contributed by atoms with Gasteiger partial charge in [0.1, 0.15) is 5.69 Å². The number of nitrogens with zero attached hydrogens (tertiary/aromatic N) is 2. The number of anilines is 3. The summed E-state index contributed by atoms with van der Waals surface area (Å²) in [5.41, 5.74) is 0.112. The van der Waals surface area contributed by atoms with Gasteiger partial charge in [-0.3, -0.25) is 4.79 Å². The fourth-order valence-electron chi connectivity index (χ4n) is 1.97. The van der Waals surface area contributed by atoms with Gasteiger partial charge in [-0.05, 0) is 36.4 Å². The Bertz CT molecular complexity index is 928. The molecule has 0 saturated heterocycles. The third kappa shape index (κ3) is 4.30. The van der Waals surface area contributed by atoms with E-state index >= 15 is 0 Å². The first-order valence-electron chi connectivity index (χ1n) is 7.14. The number of carbonyl (C=O) groups is 1. The molecule has 2 N–H and O–H groups in total. The van der Waals surface area contributed by atoms with Crippen LogP contribution in [0.25, 0.3) is 0 Å². The standard InChI is InChI=1S/C16H10ClF3N4OS/c17-13-11(2-1-7-21-13)23-15-24-12(8-26-15)14(25)22-10-5-3-9(4-6-10)16(18,19)20/h1-8H,(H,22,25)(H,23,24). The lowest BCUT2D eigenvalue weighted by Gasteiger charge is -2.08. The number of rotatable bonds is 4. The molecular formula is C16H10ClF3N4OS. The SMILES string of the molecule is O=C(Nc1ccc(C(F)(F)F)cc1)c1csc(Nc2cccnc2Cl)n1. The third-order valence-electron chi connectivity index (χ3n) is 3.21. The summed E-state index contributed by atoms with van der Waals surface area (Å²) in [6, 6.07) is 7.56. The predicted molar refractivity (Wildman–Crippen MR) is 94.0 cm³/mol. The van der Waals surface area contributed by atoms with Crippen LogP contribution in [0.15, 0.2) is 48.0 Å². The third-order valence-corrected chi connectivity index (χ3v) is 4.27. The van der Waals surface area contributed by atoms with Crippen molar-refractivity contribution in [2.24, 2.45) is 0 Å². The molecule has 5 nitrogen and oxygen atoms in total. The number of halogens is 4. The van der Waals surface area contributed by atoms with Crippen molar-refractivity contribution in [1.29, 1.82) is 0 Å². The van der Waals surface area contributed by atoms with Gasteiger partial charge in [-0.25, -0.2) is 9.97 Å². The zero-order chi connectivity index (χ0) is 18.7. The molecule has 2 aromatic heterocycles. The molecule has 0 bridgehead atoms. The molecule has 26 heavy (non-hydrogen) atoms.